The zero-order chi connectivity index (χ0) is 18.7. The summed E-state index contributed by atoms with van der Waals surface area (Å²) in [5, 5.41) is 5.60. The molecule has 0 aliphatic rings. The van der Waals surface area contributed by atoms with Crippen molar-refractivity contribution in [3.05, 3.63) is 79.5 Å². The molecule has 0 aliphatic carbocycles. The number of aryl methyl sites for hydroxylation is 2. The summed E-state index contributed by atoms with van der Waals surface area (Å²) in [6.07, 6.45) is 0. The zero-order valence-electron chi connectivity index (χ0n) is 14.3. The highest BCUT2D eigenvalue weighted by Crippen LogP contribution is 2.27. The summed E-state index contributed by atoms with van der Waals surface area (Å²) in [7, 11) is 0. The highest BCUT2D eigenvalue weighted by molar-refractivity contribution is 7.12. The van der Waals surface area contributed by atoms with Crippen molar-refractivity contribution in [2.24, 2.45) is 0 Å². The maximum absolute atomic E-state index is 12.4. The van der Waals surface area contributed by atoms with Gasteiger partial charge in [-0.2, -0.15) is 0 Å². The molecule has 1 aromatic heterocycles. The third-order valence-electron chi connectivity index (χ3n) is 3.85. The van der Waals surface area contributed by atoms with Crippen LogP contribution < -0.4 is 10.1 Å². The first-order chi connectivity index (χ1) is 12.4. The van der Waals surface area contributed by atoms with Gasteiger partial charge < -0.3 is 10.1 Å². The predicted molar refractivity (Wildman–Crippen MR) is 109 cm³/mol. The topological polar surface area (TPSA) is 38.3 Å². The van der Waals surface area contributed by atoms with Crippen LogP contribution in [0.15, 0.2) is 47.8 Å². The summed E-state index contributed by atoms with van der Waals surface area (Å²) < 4.78 is 5.94. The quantitative estimate of drug-likeness (QED) is 0.525. The lowest BCUT2D eigenvalue weighted by molar-refractivity contribution is 0.103. The lowest BCUT2D eigenvalue weighted by atomic mass is 10.1. The molecule has 6 heteroatoms. The minimum absolute atomic E-state index is 0.188. The van der Waals surface area contributed by atoms with E-state index in [1.54, 1.807) is 18.2 Å². The van der Waals surface area contributed by atoms with E-state index in [9.17, 15) is 4.79 Å². The molecule has 0 saturated heterocycles. The molecular formula is C20H17Cl2NO2S. The number of amides is 1. The average Bonchev–Trinajstić information content (AvgIpc) is 3.07. The van der Waals surface area contributed by atoms with Gasteiger partial charge in [0.2, 0.25) is 0 Å². The molecule has 3 rings (SSSR count). The second-order valence-electron chi connectivity index (χ2n) is 5.91. The number of carbonyl (C=O) groups is 1. The molecule has 3 nitrogen and oxygen atoms in total. The molecule has 0 atom stereocenters. The van der Waals surface area contributed by atoms with Crippen molar-refractivity contribution in [2.75, 3.05) is 5.32 Å². The molecule has 0 aliphatic heterocycles. The summed E-state index contributed by atoms with van der Waals surface area (Å²) in [4.78, 5) is 13.0. The number of nitrogens with one attached hydrogen (secondary N) is 1. The monoisotopic (exact) mass is 405 g/mol. The van der Waals surface area contributed by atoms with Crippen molar-refractivity contribution in [3.63, 3.8) is 0 Å². The third kappa shape index (κ3) is 4.39. The average molecular weight is 406 g/mol. The Hall–Kier alpha value is -2.01. The van der Waals surface area contributed by atoms with Crippen LogP contribution in [0.25, 0.3) is 0 Å². The summed E-state index contributed by atoms with van der Waals surface area (Å²) >= 11 is 13.2. The summed E-state index contributed by atoms with van der Waals surface area (Å²) in [5.41, 5.74) is 3.75. The molecule has 1 amide bonds. The molecule has 0 saturated carbocycles. The number of carbonyl (C=O) groups excluding carboxylic acids is 1. The van der Waals surface area contributed by atoms with Crippen LogP contribution in [0.2, 0.25) is 10.0 Å². The molecule has 2 aromatic carbocycles. The molecule has 26 heavy (non-hydrogen) atoms. The molecule has 0 bridgehead atoms. The fraction of sp³-hybridized carbons (Fsp3) is 0.150. The molecule has 0 radical (unpaired) electrons. The van der Waals surface area contributed by atoms with Crippen molar-refractivity contribution in [3.8, 4) is 5.75 Å². The van der Waals surface area contributed by atoms with Gasteiger partial charge >= 0.3 is 0 Å². The molecular weight excluding hydrogens is 389 g/mol. The molecule has 0 spiro atoms. The number of halogens is 2. The number of ether oxygens (including phenoxy) is 1. The van der Waals surface area contributed by atoms with E-state index in [0.717, 1.165) is 22.4 Å². The van der Waals surface area contributed by atoms with E-state index in [2.05, 4.69) is 5.32 Å². The standard InChI is InChI=1S/C20H17Cl2NO2S/c1-12-4-3-5-13(2)19(12)25-10-14-8-18(26-11-14)20(24)23-15-6-7-16(21)17(22)9-15/h3-9,11H,10H2,1-2H3,(H,23,24). The van der Waals surface area contributed by atoms with Crippen LogP contribution in [0.4, 0.5) is 5.69 Å². The van der Waals surface area contributed by atoms with Crippen LogP contribution in [-0.2, 0) is 6.61 Å². The van der Waals surface area contributed by atoms with Crippen molar-refractivity contribution < 1.29 is 9.53 Å². The Labute approximate surface area is 166 Å². The first-order valence-corrected chi connectivity index (χ1v) is 9.60. The minimum Gasteiger partial charge on any atom is -0.488 e. The maximum atomic E-state index is 12.4. The van der Waals surface area contributed by atoms with Crippen LogP contribution in [0.3, 0.4) is 0 Å². The molecule has 0 unspecified atom stereocenters. The Morgan fingerprint density at radius 1 is 1.08 bits per heavy atom. The smallest absolute Gasteiger partial charge is 0.265 e. The normalized spacial score (nSPS) is 10.6. The summed E-state index contributed by atoms with van der Waals surface area (Å²) in [6.45, 7) is 4.46. The molecule has 1 N–H and O–H groups in total. The van der Waals surface area contributed by atoms with Gasteiger partial charge in [0, 0.05) is 11.3 Å². The van der Waals surface area contributed by atoms with Crippen molar-refractivity contribution >= 4 is 46.1 Å². The first kappa shape index (κ1) is 18.8. The van der Waals surface area contributed by atoms with Gasteiger partial charge in [-0.15, -0.1) is 11.3 Å². The first-order valence-electron chi connectivity index (χ1n) is 7.97. The molecule has 134 valence electrons. The Balaban J connectivity index is 1.65. The fourth-order valence-corrected chi connectivity index (χ4v) is 3.61. The fourth-order valence-electron chi connectivity index (χ4n) is 2.52. The second kappa shape index (κ2) is 8.12. The Morgan fingerprint density at radius 3 is 2.50 bits per heavy atom. The summed E-state index contributed by atoms with van der Waals surface area (Å²) in [6, 6.07) is 12.9. The van der Waals surface area contributed by atoms with Gasteiger partial charge in [0.1, 0.15) is 12.4 Å². The van der Waals surface area contributed by atoms with Gasteiger partial charge in [-0.25, -0.2) is 0 Å². The third-order valence-corrected chi connectivity index (χ3v) is 5.56. The number of thiophene rings is 1. The van der Waals surface area contributed by atoms with E-state index in [1.807, 2.05) is 43.5 Å². The lowest BCUT2D eigenvalue weighted by Gasteiger charge is -2.10. The van der Waals surface area contributed by atoms with Gasteiger partial charge in [-0.3, -0.25) is 4.79 Å². The predicted octanol–water partition coefficient (Wildman–Crippen LogP) is 6.50. The van der Waals surface area contributed by atoms with Crippen LogP contribution in [0.5, 0.6) is 5.75 Å². The van der Waals surface area contributed by atoms with Crippen LogP contribution >= 0.6 is 34.5 Å². The molecule has 1 heterocycles. The number of hydrogen-bond donors (Lipinski definition) is 1. The van der Waals surface area contributed by atoms with E-state index in [4.69, 9.17) is 27.9 Å². The maximum Gasteiger partial charge on any atom is 0.265 e. The number of anilines is 1. The summed E-state index contributed by atoms with van der Waals surface area (Å²) in [5.74, 6) is 0.701. The van der Waals surface area contributed by atoms with E-state index in [-0.39, 0.29) is 5.91 Å². The highest BCUT2D eigenvalue weighted by Gasteiger charge is 2.11. The van der Waals surface area contributed by atoms with Gasteiger partial charge in [-0.05, 0) is 54.6 Å². The van der Waals surface area contributed by atoms with Crippen LogP contribution in [0, 0.1) is 13.8 Å². The number of benzene rings is 2. The Kier molecular flexibility index (Phi) is 5.87. The van der Waals surface area contributed by atoms with E-state index in [0.29, 0.717) is 27.2 Å². The zero-order valence-corrected chi connectivity index (χ0v) is 16.6. The minimum atomic E-state index is -0.188. The Morgan fingerprint density at radius 2 is 1.81 bits per heavy atom. The number of rotatable bonds is 5. The van der Waals surface area contributed by atoms with Gasteiger partial charge in [0.15, 0.2) is 0 Å². The molecule has 0 fully saturated rings. The number of para-hydroxylation sites is 1. The van der Waals surface area contributed by atoms with Gasteiger partial charge in [-0.1, -0.05) is 41.4 Å². The van der Waals surface area contributed by atoms with E-state index in [1.165, 1.54) is 11.3 Å². The highest BCUT2D eigenvalue weighted by atomic mass is 35.5. The SMILES string of the molecule is Cc1cccc(C)c1OCc1csc(C(=O)Nc2ccc(Cl)c(Cl)c2)c1. The molecule has 3 aromatic rings. The number of hydrogen-bond acceptors (Lipinski definition) is 3. The van der Waals surface area contributed by atoms with Crippen molar-refractivity contribution in [2.45, 2.75) is 20.5 Å². The van der Waals surface area contributed by atoms with E-state index < -0.39 is 0 Å². The van der Waals surface area contributed by atoms with Crippen molar-refractivity contribution in [1.29, 1.82) is 0 Å². The lowest BCUT2D eigenvalue weighted by Crippen LogP contribution is -2.10. The second-order valence-corrected chi connectivity index (χ2v) is 7.64. The van der Waals surface area contributed by atoms with Gasteiger partial charge in [0.05, 0.1) is 14.9 Å². The van der Waals surface area contributed by atoms with Crippen LogP contribution in [0.1, 0.15) is 26.4 Å². The van der Waals surface area contributed by atoms with Crippen LogP contribution in [-0.4, -0.2) is 5.91 Å². The largest absolute Gasteiger partial charge is 0.488 e. The van der Waals surface area contributed by atoms with Crippen molar-refractivity contribution in [1.82, 2.24) is 0 Å². The Bertz CT molecular complexity index is 932. The van der Waals surface area contributed by atoms with E-state index >= 15 is 0 Å². The van der Waals surface area contributed by atoms with Gasteiger partial charge in [0.25, 0.3) is 5.91 Å².